The van der Waals surface area contributed by atoms with Gasteiger partial charge in [-0.1, -0.05) is 48.5 Å². The molecule has 1 heterocycles. The molecular weight excluding hydrogens is 421 g/mol. The predicted octanol–water partition coefficient (Wildman–Crippen LogP) is 4.77. The van der Waals surface area contributed by atoms with Gasteiger partial charge in [0.2, 0.25) is 0 Å². The molecule has 1 aliphatic heterocycles. The first-order chi connectivity index (χ1) is 16.0. The number of hydrogen-bond acceptors (Lipinski definition) is 5. The molecule has 0 saturated heterocycles. The molecule has 6 heteroatoms. The van der Waals surface area contributed by atoms with Gasteiger partial charge in [-0.15, -0.1) is 0 Å². The summed E-state index contributed by atoms with van der Waals surface area (Å²) in [7, 11) is 0. The fourth-order valence-electron chi connectivity index (χ4n) is 4.71. The Morgan fingerprint density at radius 1 is 1.06 bits per heavy atom. The maximum atomic E-state index is 15.0. The van der Waals surface area contributed by atoms with Crippen molar-refractivity contribution in [2.45, 2.75) is 38.5 Å². The van der Waals surface area contributed by atoms with E-state index in [9.17, 15) is 14.0 Å². The first kappa shape index (κ1) is 22.9. The smallest absolute Gasteiger partial charge is 0.336 e. The summed E-state index contributed by atoms with van der Waals surface area (Å²) in [4.78, 5) is 26.6. The van der Waals surface area contributed by atoms with Crippen LogP contribution in [0.4, 0.5) is 4.39 Å². The summed E-state index contributed by atoms with van der Waals surface area (Å²) < 4.78 is 25.7. The van der Waals surface area contributed by atoms with Gasteiger partial charge >= 0.3 is 5.97 Å². The number of benzene rings is 2. The third-order valence-electron chi connectivity index (χ3n) is 6.20. The summed E-state index contributed by atoms with van der Waals surface area (Å²) in [6, 6.07) is 16.2. The van der Waals surface area contributed by atoms with Crippen LogP contribution >= 0.6 is 0 Å². The molecule has 2 aromatic carbocycles. The van der Waals surface area contributed by atoms with E-state index in [1.165, 1.54) is 6.07 Å². The van der Waals surface area contributed by atoms with Crippen LogP contribution in [0, 0.1) is 5.82 Å². The van der Waals surface area contributed by atoms with Crippen LogP contribution in [0.1, 0.15) is 49.7 Å². The lowest BCUT2D eigenvalue weighted by Gasteiger charge is -2.36. The molecule has 0 aromatic heterocycles. The predicted molar refractivity (Wildman–Crippen MR) is 123 cm³/mol. The largest absolute Gasteiger partial charge is 0.460 e. The third kappa shape index (κ3) is 4.76. The van der Waals surface area contributed by atoms with Crippen LogP contribution in [0.3, 0.4) is 0 Å². The van der Waals surface area contributed by atoms with E-state index in [0.717, 1.165) is 11.3 Å². The highest BCUT2D eigenvalue weighted by molar-refractivity contribution is 6.04. The Morgan fingerprint density at radius 3 is 2.52 bits per heavy atom. The standard InChI is InChI=1S/C27H28FNO4/c1-3-32-13-14-33-27(31)24-17(2)29-22-15-19(18-9-5-4-6-10-18)16-23(30)26(22)25(24)20-11-7-8-12-21(20)28/h4-12,19,25,29H,3,13-16H2,1-2H3. The third-order valence-corrected chi connectivity index (χ3v) is 6.20. The highest BCUT2D eigenvalue weighted by Gasteiger charge is 2.42. The van der Waals surface area contributed by atoms with Crippen molar-refractivity contribution in [3.05, 3.63) is 94.1 Å². The van der Waals surface area contributed by atoms with E-state index >= 15 is 0 Å². The highest BCUT2D eigenvalue weighted by Crippen LogP contribution is 2.46. The fraction of sp³-hybridized carbons (Fsp3) is 0.333. The lowest BCUT2D eigenvalue weighted by atomic mass is 9.71. The molecule has 4 rings (SSSR count). The van der Waals surface area contributed by atoms with Crippen LogP contribution in [0.5, 0.6) is 0 Å². The zero-order valence-electron chi connectivity index (χ0n) is 18.9. The molecule has 172 valence electrons. The van der Waals surface area contributed by atoms with E-state index in [-0.39, 0.29) is 30.5 Å². The second-order valence-electron chi connectivity index (χ2n) is 8.28. The monoisotopic (exact) mass is 449 g/mol. The first-order valence-corrected chi connectivity index (χ1v) is 11.3. The Hall–Kier alpha value is -3.25. The molecule has 1 N–H and O–H groups in total. The molecule has 2 aliphatic rings. The molecule has 2 unspecified atom stereocenters. The summed E-state index contributed by atoms with van der Waals surface area (Å²) in [6.07, 6.45) is 0.918. The lowest BCUT2D eigenvalue weighted by molar-refractivity contribution is -0.140. The zero-order chi connectivity index (χ0) is 23.4. The number of carbonyl (C=O) groups excluding carboxylic acids is 2. The van der Waals surface area contributed by atoms with Gasteiger partial charge in [0.05, 0.1) is 18.1 Å². The zero-order valence-corrected chi connectivity index (χ0v) is 18.9. The number of halogens is 1. The minimum atomic E-state index is -0.814. The van der Waals surface area contributed by atoms with Gasteiger partial charge < -0.3 is 14.8 Å². The number of Topliss-reactive ketones (excluding diaryl/α,β-unsaturated/α-hetero) is 1. The van der Waals surface area contributed by atoms with Gasteiger partial charge in [-0.2, -0.15) is 0 Å². The average molecular weight is 450 g/mol. The highest BCUT2D eigenvalue weighted by atomic mass is 19.1. The number of esters is 1. The number of hydrogen-bond donors (Lipinski definition) is 1. The van der Waals surface area contributed by atoms with E-state index < -0.39 is 17.7 Å². The van der Waals surface area contributed by atoms with Crippen LogP contribution in [0.15, 0.2) is 77.1 Å². The second kappa shape index (κ2) is 10.1. The topological polar surface area (TPSA) is 64.6 Å². The molecular formula is C27H28FNO4. The van der Waals surface area contributed by atoms with Gasteiger partial charge in [0, 0.05) is 35.6 Å². The fourth-order valence-corrected chi connectivity index (χ4v) is 4.71. The van der Waals surface area contributed by atoms with Crippen LogP contribution < -0.4 is 5.32 Å². The van der Waals surface area contributed by atoms with Crippen LogP contribution in [-0.2, 0) is 19.1 Å². The SMILES string of the molecule is CCOCCOC(=O)C1=C(C)NC2=C(C(=O)CC(c3ccccc3)C2)C1c1ccccc1F. The van der Waals surface area contributed by atoms with E-state index in [2.05, 4.69) is 5.32 Å². The molecule has 5 nitrogen and oxygen atoms in total. The molecule has 0 amide bonds. The molecule has 0 bridgehead atoms. The first-order valence-electron chi connectivity index (χ1n) is 11.3. The Balaban J connectivity index is 1.73. The number of allylic oxidation sites excluding steroid dienone is 3. The van der Waals surface area contributed by atoms with Gasteiger partial charge in [0.25, 0.3) is 0 Å². The molecule has 2 aromatic rings. The molecule has 2 atom stereocenters. The van der Waals surface area contributed by atoms with Crippen molar-refractivity contribution >= 4 is 11.8 Å². The van der Waals surface area contributed by atoms with E-state index in [1.807, 2.05) is 37.3 Å². The molecule has 33 heavy (non-hydrogen) atoms. The Kier molecular flexibility index (Phi) is 7.04. The van der Waals surface area contributed by atoms with Crippen LogP contribution in [0.2, 0.25) is 0 Å². The molecule has 0 spiro atoms. The van der Waals surface area contributed by atoms with Gasteiger partial charge in [-0.3, -0.25) is 4.79 Å². The quantitative estimate of drug-likeness (QED) is 0.487. The van der Waals surface area contributed by atoms with Gasteiger partial charge in [-0.05, 0) is 37.8 Å². The molecule has 0 radical (unpaired) electrons. The van der Waals surface area contributed by atoms with E-state index in [1.54, 1.807) is 25.1 Å². The number of nitrogens with one attached hydrogen (secondary N) is 1. The molecule has 0 fully saturated rings. The summed E-state index contributed by atoms with van der Waals surface area (Å²) in [6.45, 7) is 4.51. The van der Waals surface area contributed by atoms with Crippen molar-refractivity contribution in [1.29, 1.82) is 0 Å². The summed E-state index contributed by atoms with van der Waals surface area (Å²) in [5.41, 5.74) is 3.43. The minimum absolute atomic E-state index is 0.0266. The van der Waals surface area contributed by atoms with Crippen molar-refractivity contribution < 1.29 is 23.5 Å². The Bertz CT molecular complexity index is 1110. The van der Waals surface area contributed by atoms with Crippen molar-refractivity contribution in [2.24, 2.45) is 0 Å². The van der Waals surface area contributed by atoms with Crippen molar-refractivity contribution in [2.75, 3.05) is 19.8 Å². The van der Waals surface area contributed by atoms with Crippen LogP contribution in [-0.4, -0.2) is 31.6 Å². The minimum Gasteiger partial charge on any atom is -0.460 e. The number of dihydropyridines is 1. The number of ether oxygens (including phenoxy) is 2. The van der Waals surface area contributed by atoms with Crippen molar-refractivity contribution in [3.8, 4) is 0 Å². The number of ketones is 1. The van der Waals surface area contributed by atoms with Crippen molar-refractivity contribution in [1.82, 2.24) is 5.32 Å². The maximum Gasteiger partial charge on any atom is 0.336 e. The number of carbonyl (C=O) groups is 2. The molecule has 1 aliphatic carbocycles. The normalized spacial score (nSPS) is 20.4. The van der Waals surface area contributed by atoms with Gasteiger partial charge in [0.15, 0.2) is 5.78 Å². The summed E-state index contributed by atoms with van der Waals surface area (Å²) >= 11 is 0. The van der Waals surface area contributed by atoms with Crippen molar-refractivity contribution in [3.63, 3.8) is 0 Å². The van der Waals surface area contributed by atoms with Gasteiger partial charge in [-0.25, -0.2) is 9.18 Å². The Labute approximate surface area is 193 Å². The Morgan fingerprint density at radius 2 is 1.79 bits per heavy atom. The summed E-state index contributed by atoms with van der Waals surface area (Å²) in [5, 5.41) is 3.28. The van der Waals surface area contributed by atoms with E-state index in [4.69, 9.17) is 9.47 Å². The number of rotatable bonds is 7. The maximum absolute atomic E-state index is 15.0. The summed E-state index contributed by atoms with van der Waals surface area (Å²) in [5.74, 6) is -1.90. The van der Waals surface area contributed by atoms with E-state index in [0.29, 0.717) is 36.3 Å². The second-order valence-corrected chi connectivity index (χ2v) is 8.28. The van der Waals surface area contributed by atoms with Gasteiger partial charge in [0.1, 0.15) is 12.4 Å². The average Bonchev–Trinajstić information content (AvgIpc) is 2.81. The lowest BCUT2D eigenvalue weighted by Crippen LogP contribution is -2.36. The molecule has 0 saturated carbocycles. The van der Waals surface area contributed by atoms with Crippen LogP contribution in [0.25, 0.3) is 0 Å².